The van der Waals surface area contributed by atoms with Crippen LogP contribution in [0.4, 0.5) is 4.39 Å². The molecule has 3 aromatic rings. The van der Waals surface area contributed by atoms with Crippen LogP contribution in [0.25, 0.3) is 11.0 Å². The molecule has 2 aromatic carbocycles. The van der Waals surface area contributed by atoms with Crippen LogP contribution in [0.2, 0.25) is 0 Å². The standard InChI is InChI=1S/C17H16FNO2/c1-11-6-7-13(18)9-16(11)20-10-14(19)17-8-12-4-2-3-5-15(12)21-17/h2-9,14H,10,19H2,1H3. The number of nitrogens with two attached hydrogens (primary N) is 1. The van der Waals surface area contributed by atoms with Crippen LogP contribution in [-0.2, 0) is 0 Å². The van der Waals surface area contributed by atoms with E-state index in [1.807, 2.05) is 37.3 Å². The summed E-state index contributed by atoms with van der Waals surface area (Å²) in [6.07, 6.45) is 0. The molecule has 3 nitrogen and oxygen atoms in total. The molecule has 0 aliphatic heterocycles. The molecule has 1 unspecified atom stereocenters. The highest BCUT2D eigenvalue weighted by atomic mass is 19.1. The zero-order valence-electron chi connectivity index (χ0n) is 11.7. The van der Waals surface area contributed by atoms with Crippen LogP contribution < -0.4 is 10.5 Å². The molecule has 0 aliphatic carbocycles. The number of hydrogen-bond acceptors (Lipinski definition) is 3. The number of halogens is 1. The van der Waals surface area contributed by atoms with Gasteiger partial charge in [-0.25, -0.2) is 4.39 Å². The Hall–Kier alpha value is -2.33. The third kappa shape index (κ3) is 2.90. The molecule has 0 radical (unpaired) electrons. The fourth-order valence-electron chi connectivity index (χ4n) is 2.18. The number of ether oxygens (including phenoxy) is 1. The Morgan fingerprint density at radius 1 is 1.19 bits per heavy atom. The average Bonchev–Trinajstić information content (AvgIpc) is 2.92. The maximum Gasteiger partial charge on any atom is 0.134 e. The molecule has 3 rings (SSSR count). The van der Waals surface area contributed by atoms with Crippen molar-refractivity contribution in [3.8, 4) is 5.75 Å². The van der Waals surface area contributed by atoms with E-state index in [1.165, 1.54) is 12.1 Å². The fourth-order valence-corrected chi connectivity index (χ4v) is 2.18. The van der Waals surface area contributed by atoms with E-state index < -0.39 is 6.04 Å². The van der Waals surface area contributed by atoms with Crippen molar-refractivity contribution < 1.29 is 13.5 Å². The highest BCUT2D eigenvalue weighted by Crippen LogP contribution is 2.24. The van der Waals surface area contributed by atoms with Crippen molar-refractivity contribution in [3.63, 3.8) is 0 Å². The largest absolute Gasteiger partial charge is 0.491 e. The van der Waals surface area contributed by atoms with E-state index in [1.54, 1.807) is 6.07 Å². The summed E-state index contributed by atoms with van der Waals surface area (Å²) in [7, 11) is 0. The molecule has 0 aliphatic rings. The van der Waals surface area contributed by atoms with Crippen molar-refractivity contribution in [2.75, 3.05) is 6.61 Å². The zero-order chi connectivity index (χ0) is 14.8. The lowest BCUT2D eigenvalue weighted by atomic mass is 10.2. The van der Waals surface area contributed by atoms with Crippen LogP contribution in [0.15, 0.2) is 52.9 Å². The first-order valence-corrected chi connectivity index (χ1v) is 6.76. The molecule has 0 saturated carbocycles. The second-order valence-corrected chi connectivity index (χ2v) is 5.01. The molecular formula is C17H16FNO2. The van der Waals surface area contributed by atoms with Crippen LogP contribution in [0.5, 0.6) is 5.75 Å². The highest BCUT2D eigenvalue weighted by molar-refractivity contribution is 5.77. The van der Waals surface area contributed by atoms with E-state index in [4.69, 9.17) is 14.9 Å². The lowest BCUT2D eigenvalue weighted by molar-refractivity contribution is 0.272. The van der Waals surface area contributed by atoms with Crippen LogP contribution in [-0.4, -0.2) is 6.61 Å². The van der Waals surface area contributed by atoms with Gasteiger partial charge < -0.3 is 14.9 Å². The topological polar surface area (TPSA) is 48.4 Å². The van der Waals surface area contributed by atoms with E-state index in [2.05, 4.69) is 0 Å². The van der Waals surface area contributed by atoms with Crippen LogP contribution in [0.3, 0.4) is 0 Å². The van der Waals surface area contributed by atoms with E-state index in [9.17, 15) is 4.39 Å². The van der Waals surface area contributed by atoms with Crippen molar-refractivity contribution in [3.05, 3.63) is 65.7 Å². The molecule has 108 valence electrons. The predicted octanol–water partition coefficient (Wildman–Crippen LogP) is 3.96. The average molecular weight is 285 g/mol. The maximum atomic E-state index is 13.2. The van der Waals surface area contributed by atoms with E-state index in [-0.39, 0.29) is 12.4 Å². The minimum absolute atomic E-state index is 0.226. The zero-order valence-corrected chi connectivity index (χ0v) is 11.7. The summed E-state index contributed by atoms with van der Waals surface area (Å²) in [6, 6.07) is 13.7. The lowest BCUT2D eigenvalue weighted by Gasteiger charge is -2.12. The van der Waals surface area contributed by atoms with Crippen molar-refractivity contribution >= 4 is 11.0 Å². The van der Waals surface area contributed by atoms with Crippen molar-refractivity contribution in [2.24, 2.45) is 5.73 Å². The first-order chi connectivity index (χ1) is 10.1. The summed E-state index contributed by atoms with van der Waals surface area (Å²) in [5, 5.41) is 1.00. The molecule has 1 heterocycles. The second-order valence-electron chi connectivity index (χ2n) is 5.01. The fraction of sp³-hybridized carbons (Fsp3) is 0.176. The normalized spacial score (nSPS) is 12.5. The van der Waals surface area contributed by atoms with Gasteiger partial charge in [0.05, 0.1) is 6.04 Å². The minimum Gasteiger partial charge on any atom is -0.491 e. The van der Waals surface area contributed by atoms with Crippen molar-refractivity contribution in [1.82, 2.24) is 0 Å². The molecule has 0 fully saturated rings. The van der Waals surface area contributed by atoms with Crippen LogP contribution >= 0.6 is 0 Å². The van der Waals surface area contributed by atoms with Crippen LogP contribution in [0.1, 0.15) is 17.4 Å². The molecule has 1 atom stereocenters. The van der Waals surface area contributed by atoms with Gasteiger partial charge in [0.1, 0.15) is 29.5 Å². The van der Waals surface area contributed by atoms with E-state index >= 15 is 0 Å². The summed E-state index contributed by atoms with van der Waals surface area (Å²) < 4.78 is 24.5. The SMILES string of the molecule is Cc1ccc(F)cc1OCC(N)c1cc2ccccc2o1. The molecular weight excluding hydrogens is 269 g/mol. The quantitative estimate of drug-likeness (QED) is 0.789. The summed E-state index contributed by atoms with van der Waals surface area (Å²) >= 11 is 0. The highest BCUT2D eigenvalue weighted by Gasteiger charge is 2.13. The molecule has 2 N–H and O–H groups in total. The number of benzene rings is 2. The van der Waals surface area contributed by atoms with E-state index in [0.29, 0.717) is 11.5 Å². The molecule has 0 amide bonds. The third-order valence-corrected chi connectivity index (χ3v) is 3.38. The Morgan fingerprint density at radius 3 is 2.81 bits per heavy atom. The molecule has 4 heteroatoms. The Bertz CT molecular complexity index is 733. The predicted molar refractivity (Wildman–Crippen MR) is 79.8 cm³/mol. The maximum absolute atomic E-state index is 13.2. The summed E-state index contributed by atoms with van der Waals surface area (Å²) in [5.41, 5.74) is 7.75. The number of aryl methyl sites for hydroxylation is 1. The smallest absolute Gasteiger partial charge is 0.134 e. The van der Waals surface area contributed by atoms with Gasteiger partial charge in [0.2, 0.25) is 0 Å². The van der Waals surface area contributed by atoms with Gasteiger partial charge in [-0.2, -0.15) is 0 Å². The van der Waals surface area contributed by atoms with Gasteiger partial charge >= 0.3 is 0 Å². The Labute approximate surface area is 122 Å². The monoisotopic (exact) mass is 285 g/mol. The Kier molecular flexibility index (Phi) is 3.62. The third-order valence-electron chi connectivity index (χ3n) is 3.38. The summed E-state index contributed by atoms with van der Waals surface area (Å²) in [4.78, 5) is 0. The Balaban J connectivity index is 1.74. The van der Waals surface area contributed by atoms with Gasteiger partial charge in [0.25, 0.3) is 0 Å². The number of hydrogen-bond donors (Lipinski definition) is 1. The van der Waals surface area contributed by atoms with Crippen LogP contribution in [0, 0.1) is 12.7 Å². The molecule has 21 heavy (non-hydrogen) atoms. The van der Waals surface area contributed by atoms with Gasteiger partial charge in [-0.15, -0.1) is 0 Å². The second kappa shape index (κ2) is 5.58. The molecule has 0 spiro atoms. The van der Waals surface area contributed by atoms with Gasteiger partial charge in [-0.1, -0.05) is 24.3 Å². The lowest BCUT2D eigenvalue weighted by Crippen LogP contribution is -2.18. The first kappa shape index (κ1) is 13.6. The van der Waals surface area contributed by atoms with Gasteiger partial charge in [0, 0.05) is 11.5 Å². The van der Waals surface area contributed by atoms with Crippen molar-refractivity contribution in [1.29, 1.82) is 0 Å². The van der Waals surface area contributed by atoms with Gasteiger partial charge in [-0.3, -0.25) is 0 Å². The molecule has 0 bridgehead atoms. The summed E-state index contributed by atoms with van der Waals surface area (Å²) in [5.74, 6) is 0.833. The number of rotatable bonds is 4. The Morgan fingerprint density at radius 2 is 2.00 bits per heavy atom. The summed E-state index contributed by atoms with van der Waals surface area (Å²) in [6.45, 7) is 2.09. The number of furan rings is 1. The number of fused-ring (bicyclic) bond motifs is 1. The molecule has 0 saturated heterocycles. The van der Waals surface area contributed by atoms with E-state index in [0.717, 1.165) is 16.5 Å². The van der Waals surface area contributed by atoms with Gasteiger partial charge in [0.15, 0.2) is 0 Å². The first-order valence-electron chi connectivity index (χ1n) is 6.76. The van der Waals surface area contributed by atoms with Gasteiger partial charge in [-0.05, 0) is 30.7 Å². The minimum atomic E-state index is -0.403. The van der Waals surface area contributed by atoms with Crippen molar-refractivity contribution in [2.45, 2.75) is 13.0 Å². The molecule has 1 aromatic heterocycles. The number of para-hydroxylation sites is 1.